The number of nitrogens with one attached hydrogen (secondary N) is 2. The van der Waals surface area contributed by atoms with Gasteiger partial charge in [-0.3, -0.25) is 9.56 Å². The van der Waals surface area contributed by atoms with Crippen molar-refractivity contribution in [3.63, 3.8) is 0 Å². The molecule has 3 heterocycles. The number of allylic oxidation sites excluding steroid dienone is 2. The molecule has 7 nitrogen and oxygen atoms in total. The van der Waals surface area contributed by atoms with E-state index < -0.39 is 0 Å². The van der Waals surface area contributed by atoms with Crippen LogP contribution in [0, 0.1) is 31.6 Å². The predicted octanol–water partition coefficient (Wildman–Crippen LogP) is 4.79. The summed E-state index contributed by atoms with van der Waals surface area (Å²) in [6.07, 6.45) is 5.29. The molecule has 2 aromatic heterocycles. The number of carbonyl (C=O) groups is 1. The van der Waals surface area contributed by atoms with Crippen molar-refractivity contribution in [3.8, 4) is 5.00 Å². The van der Waals surface area contributed by atoms with Gasteiger partial charge in [0.15, 0.2) is 5.82 Å². The third-order valence-electron chi connectivity index (χ3n) is 3.77. The highest BCUT2D eigenvalue weighted by molar-refractivity contribution is 7.15. The average Bonchev–Trinajstić information content (AvgIpc) is 3.09. The van der Waals surface area contributed by atoms with E-state index in [9.17, 15) is 4.79 Å². The van der Waals surface area contributed by atoms with Crippen molar-refractivity contribution >= 4 is 35.3 Å². The summed E-state index contributed by atoms with van der Waals surface area (Å²) in [5.41, 5.74) is 3.55. The molecule has 0 amide bonds. The van der Waals surface area contributed by atoms with Crippen LogP contribution in [-0.4, -0.2) is 38.7 Å². The zero-order valence-electron chi connectivity index (χ0n) is 18.3. The monoisotopic (exact) mass is 414 g/mol. The normalized spacial score (nSPS) is 12.1. The first-order valence-corrected chi connectivity index (χ1v) is 10.3. The molecule has 0 bridgehead atoms. The molecule has 0 radical (unpaired) electrons. The maximum Gasteiger partial charge on any atom is 0.160 e. The summed E-state index contributed by atoms with van der Waals surface area (Å²) in [6, 6.07) is 0. The van der Waals surface area contributed by atoms with Crippen molar-refractivity contribution in [2.45, 2.75) is 61.4 Å². The summed E-state index contributed by atoms with van der Waals surface area (Å²) in [5, 5.41) is 24.4. The van der Waals surface area contributed by atoms with Gasteiger partial charge in [0, 0.05) is 28.4 Å². The lowest BCUT2D eigenvalue weighted by Gasteiger charge is -2.08. The minimum atomic E-state index is 0.167. The minimum absolute atomic E-state index is 0.167. The van der Waals surface area contributed by atoms with Crippen molar-refractivity contribution < 1.29 is 4.79 Å². The Morgan fingerprint density at radius 3 is 2.28 bits per heavy atom. The molecule has 2 N–H and O–H groups in total. The molecular formula is C21H30N6OS. The molecule has 0 aliphatic carbocycles. The summed E-state index contributed by atoms with van der Waals surface area (Å²) < 4.78 is 2.04. The van der Waals surface area contributed by atoms with Crippen LogP contribution < -0.4 is 0 Å². The van der Waals surface area contributed by atoms with E-state index in [4.69, 9.17) is 10.8 Å². The van der Waals surface area contributed by atoms with E-state index in [1.807, 2.05) is 11.5 Å². The number of nitrogens with zero attached hydrogens (tertiary/aromatic N) is 4. The highest BCUT2D eigenvalue weighted by Crippen LogP contribution is 2.35. The van der Waals surface area contributed by atoms with Gasteiger partial charge in [-0.15, -0.1) is 21.5 Å². The van der Waals surface area contributed by atoms with Gasteiger partial charge in [-0.05, 0) is 46.3 Å². The van der Waals surface area contributed by atoms with Crippen molar-refractivity contribution in [2.24, 2.45) is 4.99 Å². The second-order valence-corrected chi connectivity index (χ2v) is 7.88. The zero-order chi connectivity index (χ0) is 22.1. The minimum Gasteiger partial charge on any atom is -0.309 e. The summed E-state index contributed by atoms with van der Waals surface area (Å²) in [7, 11) is 0. The Morgan fingerprint density at radius 1 is 1.17 bits per heavy atom. The second-order valence-electron chi connectivity index (χ2n) is 6.68. The summed E-state index contributed by atoms with van der Waals surface area (Å²) in [5.74, 6) is 1.80. The topological polar surface area (TPSA) is 108 Å². The van der Waals surface area contributed by atoms with Gasteiger partial charge in [0.25, 0.3) is 0 Å². The maximum atomic E-state index is 9.44. The van der Waals surface area contributed by atoms with E-state index in [2.05, 4.69) is 42.9 Å². The molecule has 0 atom stereocenters. The molecule has 156 valence electrons. The van der Waals surface area contributed by atoms with E-state index in [-0.39, 0.29) is 5.78 Å². The van der Waals surface area contributed by atoms with E-state index >= 15 is 0 Å². The fraction of sp³-hybridized carbons (Fsp3) is 0.429. The molecule has 1 aliphatic rings. The molecule has 0 unspecified atom stereocenters. The number of aliphatic imine (C=N–C) groups is 1. The van der Waals surface area contributed by atoms with Crippen LogP contribution in [0.4, 0.5) is 0 Å². The van der Waals surface area contributed by atoms with Gasteiger partial charge in [-0.2, -0.15) is 0 Å². The standard InChI is InChI=1S/C15H16N6S.C3H6O.C3H8/c1-8-9(2)22-15-13(8)14(11(6-17)4-5-16)18-7-12-20-19-10(3)21(12)15;1-3(2)4;1-3-2/h4-6,16-17H,7H2,1-3H3;1-2H3;3H2,1-2H3/b11-4+,16-5?,17-6?;;. The lowest BCUT2D eigenvalue weighted by molar-refractivity contribution is -0.114. The second kappa shape index (κ2) is 11.3. The Morgan fingerprint density at radius 2 is 1.76 bits per heavy atom. The Kier molecular flexibility index (Phi) is 9.47. The molecule has 1 aliphatic heterocycles. The van der Waals surface area contributed by atoms with Crippen LogP contribution in [0.3, 0.4) is 0 Å². The van der Waals surface area contributed by atoms with Gasteiger partial charge in [0.1, 0.15) is 23.2 Å². The molecular weight excluding hydrogens is 384 g/mol. The van der Waals surface area contributed by atoms with E-state index in [1.54, 1.807) is 17.4 Å². The zero-order valence-corrected chi connectivity index (χ0v) is 19.1. The number of hydrogen-bond acceptors (Lipinski definition) is 7. The van der Waals surface area contributed by atoms with Gasteiger partial charge >= 0.3 is 0 Å². The van der Waals surface area contributed by atoms with Crippen molar-refractivity contribution in [1.29, 1.82) is 10.8 Å². The van der Waals surface area contributed by atoms with Gasteiger partial charge in [0.2, 0.25) is 0 Å². The molecule has 0 aromatic carbocycles. The summed E-state index contributed by atoms with van der Waals surface area (Å²) in [6.45, 7) is 13.8. The highest BCUT2D eigenvalue weighted by Gasteiger charge is 2.26. The predicted molar refractivity (Wildman–Crippen MR) is 122 cm³/mol. The van der Waals surface area contributed by atoms with E-state index in [1.165, 1.54) is 37.6 Å². The fourth-order valence-electron chi connectivity index (χ4n) is 2.57. The van der Waals surface area contributed by atoms with Crippen molar-refractivity contribution in [2.75, 3.05) is 0 Å². The van der Waals surface area contributed by atoms with E-state index in [0.29, 0.717) is 12.1 Å². The molecule has 3 rings (SSSR count). The summed E-state index contributed by atoms with van der Waals surface area (Å²) in [4.78, 5) is 15.3. The van der Waals surface area contributed by atoms with Crippen molar-refractivity contribution in [3.05, 3.63) is 39.3 Å². The number of aromatic nitrogens is 3. The number of ketones is 1. The number of thiophene rings is 1. The van der Waals surface area contributed by atoms with Crippen LogP contribution in [0.2, 0.25) is 0 Å². The molecule has 2 aromatic rings. The Bertz CT molecular complexity index is 945. The number of carbonyl (C=O) groups excluding carboxylic acids is 1. The van der Waals surface area contributed by atoms with Gasteiger partial charge in [0.05, 0.1) is 5.71 Å². The Balaban J connectivity index is 0.000000526. The highest BCUT2D eigenvalue weighted by atomic mass is 32.1. The third kappa shape index (κ3) is 5.87. The van der Waals surface area contributed by atoms with Crippen LogP contribution in [0.5, 0.6) is 0 Å². The average molecular weight is 415 g/mol. The Hall–Kier alpha value is -2.74. The fourth-order valence-corrected chi connectivity index (χ4v) is 3.79. The third-order valence-corrected chi connectivity index (χ3v) is 4.96. The van der Waals surface area contributed by atoms with Crippen LogP contribution in [0.1, 0.15) is 61.8 Å². The maximum absolute atomic E-state index is 9.44. The number of fused-ring (bicyclic) bond motifs is 3. The number of Topliss-reactive ketones (excluding diaryl/α,β-unsaturated/α-hetero) is 1. The first-order valence-electron chi connectivity index (χ1n) is 9.48. The number of aryl methyl sites for hydroxylation is 2. The van der Waals surface area contributed by atoms with Crippen LogP contribution in [0.25, 0.3) is 5.00 Å². The lowest BCUT2D eigenvalue weighted by Crippen LogP contribution is -2.09. The van der Waals surface area contributed by atoms with Gasteiger partial charge in [-0.1, -0.05) is 20.3 Å². The smallest absolute Gasteiger partial charge is 0.160 e. The summed E-state index contributed by atoms with van der Waals surface area (Å²) >= 11 is 1.68. The molecule has 29 heavy (non-hydrogen) atoms. The van der Waals surface area contributed by atoms with Crippen molar-refractivity contribution in [1.82, 2.24) is 14.8 Å². The van der Waals surface area contributed by atoms with Gasteiger partial charge in [-0.25, -0.2) is 0 Å². The van der Waals surface area contributed by atoms with Gasteiger partial charge < -0.3 is 15.6 Å². The van der Waals surface area contributed by atoms with Crippen LogP contribution in [0.15, 0.2) is 16.6 Å². The lowest BCUT2D eigenvalue weighted by atomic mass is 10.0. The molecule has 0 spiro atoms. The van der Waals surface area contributed by atoms with E-state index in [0.717, 1.165) is 33.5 Å². The molecule has 0 saturated heterocycles. The first-order chi connectivity index (χ1) is 13.7. The quantitative estimate of drug-likeness (QED) is 0.705. The van der Waals surface area contributed by atoms with Crippen LogP contribution in [-0.2, 0) is 11.3 Å². The molecule has 0 fully saturated rings. The Labute approximate surface area is 176 Å². The first kappa shape index (κ1) is 24.3. The molecule has 8 heteroatoms. The number of rotatable bonds is 3. The largest absolute Gasteiger partial charge is 0.309 e. The van der Waals surface area contributed by atoms with Crippen LogP contribution >= 0.6 is 11.3 Å². The molecule has 0 saturated carbocycles. The SMILES string of the molecule is CC(C)=O.CCC.Cc1sc2c(c1C)C(/C(C=N)=C/C=N)=NCc1nnc(C)n1-2. The number of hydrogen-bond donors (Lipinski definition) is 2.